The quantitative estimate of drug-likeness (QED) is 0.728. The first-order valence-electron chi connectivity index (χ1n) is 7.38. The zero-order valence-electron chi connectivity index (χ0n) is 13.3. The first-order valence-corrected chi connectivity index (χ1v) is 8.87. The molecule has 1 aromatic carbocycles. The van der Waals surface area contributed by atoms with Crippen molar-refractivity contribution in [2.45, 2.75) is 31.8 Å². The predicted molar refractivity (Wildman–Crippen MR) is 86.4 cm³/mol. The van der Waals surface area contributed by atoms with Gasteiger partial charge >= 0.3 is 0 Å². The van der Waals surface area contributed by atoms with Gasteiger partial charge in [0.05, 0.1) is 11.4 Å². The topological polar surface area (TPSA) is 103 Å². The normalized spacial score (nSPS) is 11.8. The van der Waals surface area contributed by atoms with E-state index in [-0.39, 0.29) is 11.4 Å². The van der Waals surface area contributed by atoms with Gasteiger partial charge in [0.25, 0.3) is 0 Å². The van der Waals surface area contributed by atoms with Gasteiger partial charge in [-0.05, 0) is 19.1 Å². The smallest absolute Gasteiger partial charge is 0.240 e. The maximum atomic E-state index is 12.4. The Bertz CT molecular complexity index is 928. The van der Waals surface area contributed by atoms with Crippen molar-refractivity contribution < 1.29 is 12.8 Å². The van der Waals surface area contributed by atoms with Crippen molar-refractivity contribution in [3.8, 4) is 11.3 Å². The zero-order chi connectivity index (χ0) is 17.2. The molecule has 3 aromatic rings. The Morgan fingerprint density at radius 2 is 2.00 bits per heavy atom. The Morgan fingerprint density at radius 1 is 1.25 bits per heavy atom. The van der Waals surface area contributed by atoms with E-state index in [2.05, 4.69) is 19.9 Å². The van der Waals surface area contributed by atoms with Crippen molar-refractivity contribution in [2.24, 2.45) is 0 Å². The highest BCUT2D eigenvalue weighted by Crippen LogP contribution is 2.20. The van der Waals surface area contributed by atoms with Gasteiger partial charge in [0, 0.05) is 19.0 Å². The van der Waals surface area contributed by atoms with Crippen LogP contribution in [0.5, 0.6) is 0 Å². The van der Waals surface area contributed by atoms with Gasteiger partial charge in [-0.25, -0.2) is 18.1 Å². The Kier molecular flexibility index (Phi) is 4.45. The molecule has 0 saturated heterocycles. The van der Waals surface area contributed by atoms with E-state index in [9.17, 15) is 8.42 Å². The maximum absolute atomic E-state index is 12.4. The van der Waals surface area contributed by atoms with Gasteiger partial charge in [-0.3, -0.25) is 0 Å². The van der Waals surface area contributed by atoms with Crippen molar-refractivity contribution in [1.82, 2.24) is 24.5 Å². The molecule has 2 heterocycles. The summed E-state index contributed by atoms with van der Waals surface area (Å²) in [5.74, 6) is 1.12. The first kappa shape index (κ1) is 16.3. The molecule has 0 amide bonds. The van der Waals surface area contributed by atoms with Crippen LogP contribution in [-0.4, -0.2) is 28.2 Å². The molecule has 1 N–H and O–H groups in total. The highest BCUT2D eigenvalue weighted by atomic mass is 32.2. The SMILES string of the molecule is CCn1cnnc1CNS(=O)(=O)c1ccc(-c2coc(C)n2)cc1. The number of hydrogen-bond donors (Lipinski definition) is 1. The van der Waals surface area contributed by atoms with Gasteiger partial charge < -0.3 is 8.98 Å². The Morgan fingerprint density at radius 3 is 2.62 bits per heavy atom. The minimum atomic E-state index is -3.63. The van der Waals surface area contributed by atoms with Crippen LogP contribution in [-0.2, 0) is 23.1 Å². The predicted octanol–water partition coefficient (Wildman–Crippen LogP) is 1.74. The lowest BCUT2D eigenvalue weighted by Crippen LogP contribution is -2.25. The van der Waals surface area contributed by atoms with Crippen molar-refractivity contribution in [1.29, 1.82) is 0 Å². The number of benzene rings is 1. The van der Waals surface area contributed by atoms with E-state index in [1.165, 1.54) is 18.4 Å². The summed E-state index contributed by atoms with van der Waals surface area (Å²) in [7, 11) is -3.63. The molecule has 0 unspecified atom stereocenters. The fourth-order valence-electron chi connectivity index (χ4n) is 2.22. The molecule has 24 heavy (non-hydrogen) atoms. The molecule has 0 radical (unpaired) electrons. The summed E-state index contributed by atoms with van der Waals surface area (Å²) in [4.78, 5) is 4.39. The van der Waals surface area contributed by atoms with Crippen molar-refractivity contribution in [2.75, 3.05) is 0 Å². The summed E-state index contributed by atoms with van der Waals surface area (Å²) in [6.07, 6.45) is 3.10. The Hall–Kier alpha value is -2.52. The fourth-order valence-corrected chi connectivity index (χ4v) is 3.20. The van der Waals surface area contributed by atoms with Gasteiger partial charge in [0.2, 0.25) is 10.0 Å². The van der Waals surface area contributed by atoms with E-state index < -0.39 is 10.0 Å². The number of sulfonamides is 1. The van der Waals surface area contributed by atoms with Crippen LogP contribution >= 0.6 is 0 Å². The fraction of sp³-hybridized carbons (Fsp3) is 0.267. The number of oxazole rings is 1. The minimum absolute atomic E-state index is 0.0837. The second-order valence-electron chi connectivity index (χ2n) is 5.13. The molecule has 0 aliphatic carbocycles. The molecule has 126 valence electrons. The maximum Gasteiger partial charge on any atom is 0.240 e. The summed E-state index contributed by atoms with van der Waals surface area (Å²) >= 11 is 0. The van der Waals surface area contributed by atoms with E-state index in [0.717, 1.165) is 5.56 Å². The third kappa shape index (κ3) is 3.36. The Balaban J connectivity index is 1.75. The van der Waals surface area contributed by atoms with Crippen molar-refractivity contribution in [3.05, 3.63) is 48.6 Å². The molecule has 9 heteroatoms. The number of hydrogen-bond acceptors (Lipinski definition) is 6. The van der Waals surface area contributed by atoms with E-state index in [1.807, 2.05) is 6.92 Å². The molecule has 0 fully saturated rings. The number of nitrogens with zero attached hydrogens (tertiary/aromatic N) is 4. The van der Waals surface area contributed by atoms with E-state index >= 15 is 0 Å². The highest BCUT2D eigenvalue weighted by Gasteiger charge is 2.16. The van der Waals surface area contributed by atoms with Gasteiger partial charge in [0.1, 0.15) is 24.1 Å². The van der Waals surface area contributed by atoms with Gasteiger partial charge in [-0.2, -0.15) is 0 Å². The van der Waals surface area contributed by atoms with Crippen LogP contribution in [0.3, 0.4) is 0 Å². The number of aromatic nitrogens is 4. The molecule has 0 spiro atoms. The van der Waals surface area contributed by atoms with Crippen LogP contribution < -0.4 is 4.72 Å². The molecule has 3 rings (SSSR count). The van der Waals surface area contributed by atoms with Gasteiger partial charge in [-0.15, -0.1) is 10.2 Å². The average molecular weight is 347 g/mol. The summed E-state index contributed by atoms with van der Waals surface area (Å²) in [6, 6.07) is 6.46. The lowest BCUT2D eigenvalue weighted by atomic mass is 10.2. The summed E-state index contributed by atoms with van der Waals surface area (Å²) < 4.78 is 34.2. The van der Waals surface area contributed by atoms with Crippen LogP contribution in [0.25, 0.3) is 11.3 Å². The van der Waals surface area contributed by atoms with Gasteiger partial charge in [-0.1, -0.05) is 12.1 Å². The molecule has 0 aliphatic heterocycles. The standard InChI is InChI=1S/C15H17N5O3S/c1-3-20-10-16-19-15(20)8-17-24(21,22)13-6-4-12(5-7-13)14-9-23-11(2)18-14/h4-7,9-10,17H,3,8H2,1-2H3. The monoisotopic (exact) mass is 347 g/mol. The van der Waals surface area contributed by atoms with Crippen molar-refractivity contribution in [3.63, 3.8) is 0 Å². The van der Waals surface area contributed by atoms with Gasteiger partial charge in [0.15, 0.2) is 5.89 Å². The molecule has 0 atom stereocenters. The number of aryl methyl sites for hydroxylation is 2. The lowest BCUT2D eigenvalue weighted by Gasteiger charge is -2.07. The van der Waals surface area contributed by atoms with E-state index in [4.69, 9.17) is 4.42 Å². The summed E-state index contributed by atoms with van der Waals surface area (Å²) in [6.45, 7) is 4.45. The lowest BCUT2D eigenvalue weighted by molar-refractivity contribution is 0.521. The van der Waals surface area contributed by atoms with E-state index in [0.29, 0.717) is 24.0 Å². The minimum Gasteiger partial charge on any atom is -0.449 e. The molecule has 0 bridgehead atoms. The molecule has 2 aromatic heterocycles. The van der Waals surface area contributed by atoms with E-state index in [1.54, 1.807) is 30.0 Å². The zero-order valence-corrected chi connectivity index (χ0v) is 14.1. The van der Waals surface area contributed by atoms with Crippen molar-refractivity contribution >= 4 is 10.0 Å². The largest absolute Gasteiger partial charge is 0.449 e. The molecule has 8 nitrogen and oxygen atoms in total. The molecular weight excluding hydrogens is 330 g/mol. The first-order chi connectivity index (χ1) is 11.5. The third-order valence-electron chi connectivity index (χ3n) is 3.54. The summed E-state index contributed by atoms with van der Waals surface area (Å²) in [5.41, 5.74) is 1.46. The molecular formula is C15H17N5O3S. The summed E-state index contributed by atoms with van der Waals surface area (Å²) in [5, 5.41) is 7.68. The third-order valence-corrected chi connectivity index (χ3v) is 4.95. The highest BCUT2D eigenvalue weighted by molar-refractivity contribution is 7.89. The van der Waals surface area contributed by atoms with Crippen LogP contribution in [0.1, 0.15) is 18.6 Å². The number of rotatable bonds is 6. The molecule has 0 aliphatic rings. The molecule has 0 saturated carbocycles. The Labute approximate surface area is 139 Å². The van der Waals surface area contributed by atoms with Crippen LogP contribution in [0.4, 0.5) is 0 Å². The van der Waals surface area contributed by atoms with Crippen LogP contribution in [0.15, 0.2) is 46.2 Å². The van der Waals surface area contributed by atoms with Crippen LogP contribution in [0, 0.1) is 6.92 Å². The average Bonchev–Trinajstić information content (AvgIpc) is 3.21. The second-order valence-corrected chi connectivity index (χ2v) is 6.90. The van der Waals surface area contributed by atoms with Crippen LogP contribution in [0.2, 0.25) is 0 Å². The number of nitrogens with one attached hydrogen (secondary N) is 1. The second kappa shape index (κ2) is 6.54.